The Balaban J connectivity index is 3.18. The number of nitrogens with zero attached hydrogens (tertiary/aromatic N) is 1. The van der Waals surface area contributed by atoms with E-state index < -0.39 is 0 Å². The molecule has 7 N–H and O–H groups in total. The predicted molar refractivity (Wildman–Crippen MR) is 78.6 cm³/mol. The third-order valence-electron chi connectivity index (χ3n) is 2.91. The van der Waals surface area contributed by atoms with Gasteiger partial charge in [-0.1, -0.05) is 12.1 Å². The van der Waals surface area contributed by atoms with Gasteiger partial charge in [0.25, 0.3) is 0 Å². The summed E-state index contributed by atoms with van der Waals surface area (Å²) in [6, 6.07) is 6.88. The van der Waals surface area contributed by atoms with Crippen molar-refractivity contribution in [2.24, 2.45) is 17.2 Å². The van der Waals surface area contributed by atoms with E-state index in [9.17, 15) is 5.11 Å². The molecule has 0 aliphatic carbocycles. The van der Waals surface area contributed by atoms with Crippen LogP contribution in [0.2, 0.25) is 0 Å². The lowest BCUT2D eigenvalue weighted by Gasteiger charge is -2.23. The van der Waals surface area contributed by atoms with Gasteiger partial charge in [0.1, 0.15) is 11.6 Å². The molecule has 1 rings (SSSR count). The Kier molecular flexibility index (Phi) is 5.11. The van der Waals surface area contributed by atoms with Crippen molar-refractivity contribution >= 4 is 5.70 Å². The number of benzene rings is 1. The van der Waals surface area contributed by atoms with Gasteiger partial charge in [-0.25, -0.2) is 0 Å². The van der Waals surface area contributed by atoms with Crippen LogP contribution in [-0.4, -0.2) is 23.1 Å². The first kappa shape index (κ1) is 14.8. The minimum atomic E-state index is 0.130. The maximum Gasteiger partial charge on any atom is 0.124 e. The normalized spacial score (nSPS) is 11.2. The summed E-state index contributed by atoms with van der Waals surface area (Å²) in [4.78, 5) is 2.00. The van der Waals surface area contributed by atoms with Gasteiger partial charge in [0, 0.05) is 24.4 Å². The molecule has 0 bridgehead atoms. The molecule has 104 valence electrons. The topological polar surface area (TPSA) is 102 Å². The molecule has 0 aliphatic heterocycles. The van der Waals surface area contributed by atoms with Crippen LogP contribution in [0.3, 0.4) is 0 Å². The number of allylic oxidation sites excluding steroid dienone is 1. The number of phenols is 1. The first-order valence-corrected chi connectivity index (χ1v) is 6.26. The second-order valence-corrected chi connectivity index (χ2v) is 4.13. The van der Waals surface area contributed by atoms with Crippen molar-refractivity contribution in [2.75, 3.05) is 13.1 Å². The zero-order valence-corrected chi connectivity index (χ0v) is 11.4. The lowest BCUT2D eigenvalue weighted by Crippen LogP contribution is -2.27. The standard InChI is InChI=1S/C14H22N4O/c1-3-18(4-2)12(14(16)17)9-11(15)10-7-5-6-8-13(10)19/h5-9,19H,3-4,15-17H2,1-2H3/b11-9-. The van der Waals surface area contributed by atoms with E-state index in [4.69, 9.17) is 17.2 Å². The van der Waals surface area contributed by atoms with E-state index in [1.165, 1.54) is 0 Å². The summed E-state index contributed by atoms with van der Waals surface area (Å²) in [5.41, 5.74) is 19.1. The van der Waals surface area contributed by atoms with Gasteiger partial charge in [-0.05, 0) is 32.1 Å². The molecule has 0 aromatic heterocycles. The fourth-order valence-corrected chi connectivity index (χ4v) is 1.86. The Morgan fingerprint density at radius 2 is 1.74 bits per heavy atom. The number of hydrogen-bond acceptors (Lipinski definition) is 5. The van der Waals surface area contributed by atoms with E-state index in [1.807, 2.05) is 24.8 Å². The molecular formula is C14H22N4O. The van der Waals surface area contributed by atoms with Crippen LogP contribution in [0.4, 0.5) is 0 Å². The zero-order chi connectivity index (χ0) is 14.4. The van der Waals surface area contributed by atoms with Gasteiger partial charge in [0.05, 0.1) is 5.70 Å². The molecule has 0 atom stereocenters. The minimum absolute atomic E-state index is 0.130. The van der Waals surface area contributed by atoms with Crippen LogP contribution in [0.1, 0.15) is 19.4 Å². The highest BCUT2D eigenvalue weighted by Gasteiger charge is 2.09. The molecule has 0 amide bonds. The van der Waals surface area contributed by atoms with Crippen molar-refractivity contribution in [1.29, 1.82) is 0 Å². The van der Waals surface area contributed by atoms with Crippen molar-refractivity contribution < 1.29 is 5.11 Å². The second-order valence-electron chi connectivity index (χ2n) is 4.13. The number of likely N-dealkylation sites (N-methyl/N-ethyl adjacent to an activating group) is 1. The second kappa shape index (κ2) is 6.58. The van der Waals surface area contributed by atoms with E-state index in [-0.39, 0.29) is 11.6 Å². The van der Waals surface area contributed by atoms with Gasteiger partial charge < -0.3 is 27.2 Å². The Morgan fingerprint density at radius 3 is 2.21 bits per heavy atom. The molecule has 19 heavy (non-hydrogen) atoms. The van der Waals surface area contributed by atoms with Gasteiger partial charge >= 0.3 is 0 Å². The maximum absolute atomic E-state index is 9.77. The van der Waals surface area contributed by atoms with Crippen molar-refractivity contribution in [3.8, 4) is 5.75 Å². The molecule has 1 aromatic rings. The molecule has 5 heteroatoms. The highest BCUT2D eigenvalue weighted by atomic mass is 16.3. The van der Waals surface area contributed by atoms with Gasteiger partial charge in [0.2, 0.25) is 0 Å². The number of phenolic OH excluding ortho intramolecular Hbond substituents is 1. The van der Waals surface area contributed by atoms with Crippen molar-refractivity contribution in [3.63, 3.8) is 0 Å². The first-order valence-electron chi connectivity index (χ1n) is 6.26. The fourth-order valence-electron chi connectivity index (χ4n) is 1.86. The van der Waals surface area contributed by atoms with E-state index in [2.05, 4.69) is 0 Å². The van der Waals surface area contributed by atoms with Crippen LogP contribution in [0, 0.1) is 0 Å². The molecule has 0 fully saturated rings. The van der Waals surface area contributed by atoms with Gasteiger partial charge in [-0.3, -0.25) is 0 Å². The predicted octanol–water partition coefficient (Wildman–Crippen LogP) is 1.12. The monoisotopic (exact) mass is 262 g/mol. The van der Waals surface area contributed by atoms with E-state index in [1.54, 1.807) is 24.3 Å². The Hall–Kier alpha value is -2.30. The molecule has 0 heterocycles. The lowest BCUT2D eigenvalue weighted by molar-refractivity contribution is 0.389. The first-order chi connectivity index (χ1) is 9.01. The highest BCUT2D eigenvalue weighted by molar-refractivity contribution is 5.69. The minimum Gasteiger partial charge on any atom is -0.507 e. The molecule has 1 aromatic carbocycles. The molecule has 0 unspecified atom stereocenters. The largest absolute Gasteiger partial charge is 0.507 e. The Bertz CT molecular complexity index is 486. The van der Waals surface area contributed by atoms with E-state index in [0.717, 1.165) is 13.1 Å². The van der Waals surface area contributed by atoms with Crippen molar-refractivity contribution in [3.05, 3.63) is 47.4 Å². The fraction of sp³-hybridized carbons (Fsp3) is 0.286. The Morgan fingerprint density at radius 1 is 1.16 bits per heavy atom. The number of rotatable bonds is 5. The van der Waals surface area contributed by atoms with Crippen LogP contribution in [0.5, 0.6) is 5.75 Å². The van der Waals surface area contributed by atoms with E-state index >= 15 is 0 Å². The third kappa shape index (κ3) is 3.58. The SMILES string of the molecule is CCN(CC)C(/C=C(\N)c1ccccc1O)=C(N)N. The summed E-state index contributed by atoms with van der Waals surface area (Å²) in [5, 5.41) is 9.77. The highest BCUT2D eigenvalue weighted by Crippen LogP contribution is 2.22. The quantitative estimate of drug-likeness (QED) is 0.596. The molecule has 0 saturated heterocycles. The smallest absolute Gasteiger partial charge is 0.124 e. The summed E-state index contributed by atoms with van der Waals surface area (Å²) in [6.07, 6.45) is 1.69. The Labute approximate surface area is 114 Å². The average molecular weight is 262 g/mol. The molecule has 0 aliphatic rings. The van der Waals surface area contributed by atoms with Crippen LogP contribution < -0.4 is 17.2 Å². The molecule has 0 radical (unpaired) electrons. The number of hydrogen-bond donors (Lipinski definition) is 4. The molecular weight excluding hydrogens is 240 g/mol. The molecule has 0 saturated carbocycles. The lowest BCUT2D eigenvalue weighted by atomic mass is 10.1. The molecule has 0 spiro atoms. The van der Waals surface area contributed by atoms with Crippen LogP contribution in [0.15, 0.2) is 41.9 Å². The summed E-state index contributed by atoms with van der Waals surface area (Å²) in [7, 11) is 0. The van der Waals surface area contributed by atoms with Crippen molar-refractivity contribution in [1.82, 2.24) is 4.90 Å². The van der Waals surface area contributed by atoms with Crippen LogP contribution >= 0.6 is 0 Å². The summed E-state index contributed by atoms with van der Waals surface area (Å²) >= 11 is 0. The number of nitrogens with two attached hydrogens (primary N) is 3. The van der Waals surface area contributed by atoms with Crippen LogP contribution in [0.25, 0.3) is 5.70 Å². The third-order valence-corrected chi connectivity index (χ3v) is 2.91. The van der Waals surface area contributed by atoms with Crippen LogP contribution in [-0.2, 0) is 0 Å². The zero-order valence-electron chi connectivity index (χ0n) is 11.4. The molecule has 5 nitrogen and oxygen atoms in total. The van der Waals surface area contributed by atoms with Gasteiger partial charge in [-0.15, -0.1) is 0 Å². The number of para-hydroxylation sites is 1. The van der Waals surface area contributed by atoms with Gasteiger partial charge in [0.15, 0.2) is 0 Å². The van der Waals surface area contributed by atoms with E-state index in [0.29, 0.717) is 17.0 Å². The average Bonchev–Trinajstić information content (AvgIpc) is 2.39. The maximum atomic E-state index is 9.77. The number of aromatic hydroxyl groups is 1. The summed E-state index contributed by atoms with van der Waals surface area (Å²) in [6.45, 7) is 5.56. The summed E-state index contributed by atoms with van der Waals surface area (Å²) < 4.78 is 0. The van der Waals surface area contributed by atoms with Gasteiger partial charge in [-0.2, -0.15) is 0 Å². The van der Waals surface area contributed by atoms with Crippen molar-refractivity contribution in [2.45, 2.75) is 13.8 Å². The summed E-state index contributed by atoms with van der Waals surface area (Å²) in [5.74, 6) is 0.341.